The number of rotatable bonds is 22. The number of esters is 1. The summed E-state index contributed by atoms with van der Waals surface area (Å²) in [6.45, 7) is 2.16. The number of benzene rings is 2. The van der Waals surface area contributed by atoms with Crippen LogP contribution in [-0.2, 0) is 23.7 Å². The summed E-state index contributed by atoms with van der Waals surface area (Å²) in [5, 5.41) is 25.8. The van der Waals surface area contributed by atoms with Gasteiger partial charge in [-0.15, -0.1) is 0 Å². The van der Waals surface area contributed by atoms with Crippen molar-refractivity contribution in [2.24, 2.45) is 5.11 Å². The Hall–Kier alpha value is -3.02. The number of carbonyl (C=O) groups is 1. The summed E-state index contributed by atoms with van der Waals surface area (Å²) >= 11 is 0. The number of hydrogen-bond donors (Lipinski definition) is 2. The monoisotopic (exact) mass is 681 g/mol. The molecule has 11 nitrogen and oxygen atoms in total. The van der Waals surface area contributed by atoms with E-state index in [1.54, 1.807) is 24.3 Å². The van der Waals surface area contributed by atoms with Gasteiger partial charge in [-0.1, -0.05) is 138 Å². The van der Waals surface area contributed by atoms with Crippen LogP contribution in [0.15, 0.2) is 65.8 Å². The first-order valence-electron chi connectivity index (χ1n) is 18.3. The molecule has 8 atom stereocenters. The van der Waals surface area contributed by atoms with Crippen LogP contribution in [0.25, 0.3) is 10.4 Å². The van der Waals surface area contributed by atoms with Gasteiger partial charge in [-0.05, 0) is 30.5 Å². The molecule has 270 valence electrons. The van der Waals surface area contributed by atoms with Crippen LogP contribution >= 0.6 is 0 Å². The zero-order valence-corrected chi connectivity index (χ0v) is 28.9. The standard InChI is InChI=1S/C38H55N3O8/c1-2-3-4-5-6-7-8-9-10-11-12-13-20-25-31(47-36(44)28-21-16-14-17-22-28)30(40-41-39)26-45-38-34(43)33(42)35-32(48-38)27-46-37(49-35)29-23-18-15-19-24-29/h14-19,21-24,30-35,37-38,42-43H,2-13,20,25-27H2,1H3/t30-,31+,32+,33+,34+,35-,37?,38-/m0/s1. The van der Waals surface area contributed by atoms with Crippen LogP contribution in [0, 0.1) is 0 Å². The Balaban J connectivity index is 1.27. The SMILES string of the molecule is CCCCCCCCCCCCCCC[C@@H](OC(=O)c1ccccc1)[C@H](CO[C@H]1O[C@@H]2COC(c3ccccc3)O[C@@H]2[C@H](O)[C@H]1O)N=[N+]=[N-]. The molecule has 2 aromatic carbocycles. The highest BCUT2D eigenvalue weighted by Crippen LogP contribution is 2.34. The van der Waals surface area contributed by atoms with E-state index in [9.17, 15) is 20.5 Å². The van der Waals surface area contributed by atoms with E-state index in [0.29, 0.717) is 12.0 Å². The van der Waals surface area contributed by atoms with Crippen molar-refractivity contribution >= 4 is 5.97 Å². The molecule has 0 amide bonds. The summed E-state index contributed by atoms with van der Waals surface area (Å²) in [5.41, 5.74) is 10.6. The molecular weight excluding hydrogens is 626 g/mol. The molecule has 2 N–H and O–H groups in total. The fraction of sp³-hybridized carbons (Fsp3) is 0.658. The molecule has 2 aliphatic rings. The first-order chi connectivity index (χ1) is 24.0. The van der Waals surface area contributed by atoms with E-state index in [-0.39, 0.29) is 13.2 Å². The van der Waals surface area contributed by atoms with Crippen LogP contribution in [0.5, 0.6) is 0 Å². The van der Waals surface area contributed by atoms with Gasteiger partial charge in [-0.25, -0.2) is 4.79 Å². The first-order valence-corrected chi connectivity index (χ1v) is 18.3. The molecule has 1 unspecified atom stereocenters. The summed E-state index contributed by atoms with van der Waals surface area (Å²) < 4.78 is 29.6. The summed E-state index contributed by atoms with van der Waals surface area (Å²) in [7, 11) is 0. The van der Waals surface area contributed by atoms with Crippen molar-refractivity contribution in [2.45, 2.75) is 146 Å². The third-order valence-electron chi connectivity index (χ3n) is 9.33. The zero-order valence-electron chi connectivity index (χ0n) is 28.9. The molecule has 2 aliphatic heterocycles. The minimum atomic E-state index is -1.44. The number of fused-ring (bicyclic) bond motifs is 1. The van der Waals surface area contributed by atoms with Gasteiger partial charge in [0.15, 0.2) is 12.6 Å². The van der Waals surface area contributed by atoms with Crippen molar-refractivity contribution in [2.75, 3.05) is 13.2 Å². The Kier molecular flexibility index (Phi) is 17.4. The molecule has 2 saturated heterocycles. The second-order valence-electron chi connectivity index (χ2n) is 13.1. The second kappa shape index (κ2) is 21.9. The summed E-state index contributed by atoms with van der Waals surface area (Å²) in [6.07, 6.45) is 9.24. The molecule has 49 heavy (non-hydrogen) atoms. The molecule has 0 bridgehead atoms. The highest BCUT2D eigenvalue weighted by molar-refractivity contribution is 5.89. The Morgan fingerprint density at radius 3 is 2.06 bits per heavy atom. The van der Waals surface area contributed by atoms with Gasteiger partial charge in [-0.2, -0.15) is 0 Å². The minimum Gasteiger partial charge on any atom is -0.458 e. The molecule has 2 fully saturated rings. The van der Waals surface area contributed by atoms with Gasteiger partial charge >= 0.3 is 5.97 Å². The number of nitrogens with zero attached hydrogens (tertiary/aromatic N) is 3. The smallest absolute Gasteiger partial charge is 0.338 e. The number of carbonyl (C=O) groups excluding carboxylic acids is 1. The van der Waals surface area contributed by atoms with E-state index in [0.717, 1.165) is 31.2 Å². The van der Waals surface area contributed by atoms with Crippen LogP contribution in [0.3, 0.4) is 0 Å². The molecule has 0 spiro atoms. The van der Waals surface area contributed by atoms with E-state index in [1.165, 1.54) is 57.8 Å². The summed E-state index contributed by atoms with van der Waals surface area (Å²) in [4.78, 5) is 16.1. The van der Waals surface area contributed by atoms with Gasteiger partial charge in [0, 0.05) is 10.5 Å². The predicted octanol–water partition coefficient (Wildman–Crippen LogP) is 7.95. The van der Waals surface area contributed by atoms with Crippen LogP contribution < -0.4 is 0 Å². The molecule has 2 heterocycles. The molecule has 4 rings (SSSR count). The van der Waals surface area contributed by atoms with Crippen molar-refractivity contribution in [3.63, 3.8) is 0 Å². The number of azide groups is 1. The highest BCUT2D eigenvalue weighted by Gasteiger charge is 2.49. The van der Waals surface area contributed by atoms with Gasteiger partial charge in [0.1, 0.15) is 30.5 Å². The third kappa shape index (κ3) is 12.7. The van der Waals surface area contributed by atoms with E-state index >= 15 is 0 Å². The van der Waals surface area contributed by atoms with Crippen LogP contribution in [0.4, 0.5) is 0 Å². The van der Waals surface area contributed by atoms with Gasteiger partial charge in [0.2, 0.25) is 0 Å². The second-order valence-corrected chi connectivity index (χ2v) is 13.1. The van der Waals surface area contributed by atoms with Gasteiger partial charge in [0.25, 0.3) is 0 Å². The third-order valence-corrected chi connectivity index (χ3v) is 9.33. The Morgan fingerprint density at radius 1 is 0.857 bits per heavy atom. The van der Waals surface area contributed by atoms with Crippen molar-refractivity contribution in [3.8, 4) is 0 Å². The van der Waals surface area contributed by atoms with Crippen molar-refractivity contribution in [1.29, 1.82) is 0 Å². The molecule has 0 saturated carbocycles. The molecular formula is C38H55N3O8. The first kappa shape index (κ1) is 38.8. The minimum absolute atomic E-state index is 0.115. The lowest BCUT2D eigenvalue weighted by Gasteiger charge is -2.46. The predicted molar refractivity (Wildman–Crippen MR) is 186 cm³/mol. The number of ether oxygens (including phenoxy) is 5. The normalized spacial score (nSPS) is 24.7. The number of hydrogen-bond acceptors (Lipinski definition) is 9. The fourth-order valence-corrected chi connectivity index (χ4v) is 6.44. The van der Waals surface area contributed by atoms with Crippen LogP contribution in [-0.4, -0.2) is 72.2 Å². The van der Waals surface area contributed by atoms with Gasteiger partial charge in [-0.3, -0.25) is 0 Å². The summed E-state index contributed by atoms with van der Waals surface area (Å²) in [5.74, 6) is -0.518. The lowest BCUT2D eigenvalue weighted by Crippen LogP contribution is -2.62. The van der Waals surface area contributed by atoms with E-state index in [4.69, 9.17) is 23.7 Å². The Labute approximate surface area is 290 Å². The van der Waals surface area contributed by atoms with Crippen molar-refractivity contribution in [3.05, 3.63) is 82.2 Å². The maximum absolute atomic E-state index is 13.1. The zero-order chi connectivity index (χ0) is 34.7. The molecule has 11 heteroatoms. The summed E-state index contributed by atoms with van der Waals surface area (Å²) in [6, 6.07) is 17.1. The number of aliphatic hydroxyl groups is 2. The Morgan fingerprint density at radius 2 is 1.45 bits per heavy atom. The fourth-order valence-electron chi connectivity index (χ4n) is 6.44. The number of unbranched alkanes of at least 4 members (excludes halogenated alkanes) is 12. The molecule has 2 aromatic rings. The lowest BCUT2D eigenvalue weighted by molar-refractivity contribution is -0.361. The van der Waals surface area contributed by atoms with E-state index in [2.05, 4.69) is 16.9 Å². The van der Waals surface area contributed by atoms with Crippen LogP contribution in [0.2, 0.25) is 0 Å². The van der Waals surface area contributed by atoms with Gasteiger partial charge < -0.3 is 33.9 Å². The number of aliphatic hydroxyl groups excluding tert-OH is 2. The average Bonchev–Trinajstić information content (AvgIpc) is 3.14. The molecule has 0 aromatic heterocycles. The molecule has 0 radical (unpaired) electrons. The maximum atomic E-state index is 13.1. The van der Waals surface area contributed by atoms with E-state index in [1.807, 2.05) is 36.4 Å². The topological polar surface area (TPSA) is 152 Å². The largest absolute Gasteiger partial charge is 0.458 e. The van der Waals surface area contributed by atoms with Gasteiger partial charge in [0.05, 0.1) is 24.8 Å². The van der Waals surface area contributed by atoms with Crippen molar-refractivity contribution in [1.82, 2.24) is 0 Å². The average molecular weight is 682 g/mol. The Bertz CT molecular complexity index is 1250. The molecule has 0 aliphatic carbocycles. The highest BCUT2D eigenvalue weighted by atomic mass is 16.8. The quantitative estimate of drug-likeness (QED) is 0.0418. The van der Waals surface area contributed by atoms with E-state index < -0.39 is 55.1 Å². The maximum Gasteiger partial charge on any atom is 0.338 e. The van der Waals surface area contributed by atoms with Crippen LogP contribution in [0.1, 0.15) is 119 Å². The van der Waals surface area contributed by atoms with Crippen molar-refractivity contribution < 1.29 is 38.7 Å². The lowest BCUT2D eigenvalue weighted by atomic mass is 9.97.